The lowest BCUT2D eigenvalue weighted by Gasteiger charge is -2.18. The number of aromatic carboxylic acids is 1. The Balaban J connectivity index is 3.20. The Morgan fingerprint density at radius 1 is 1.37 bits per heavy atom. The zero-order chi connectivity index (χ0) is 14.4. The van der Waals surface area contributed by atoms with Gasteiger partial charge in [-0.25, -0.2) is 4.79 Å². The molecule has 1 aromatic carbocycles. The summed E-state index contributed by atoms with van der Waals surface area (Å²) in [5.74, 6) is 0.0666. The predicted molar refractivity (Wildman–Crippen MR) is 71.2 cm³/mol. The molecule has 0 saturated carbocycles. The molecule has 0 aromatic heterocycles. The van der Waals surface area contributed by atoms with E-state index in [-0.39, 0.29) is 18.1 Å². The minimum absolute atomic E-state index is 0.0482. The summed E-state index contributed by atoms with van der Waals surface area (Å²) >= 11 is 0. The van der Waals surface area contributed by atoms with Crippen LogP contribution in [0.5, 0.6) is 11.5 Å². The maximum Gasteiger partial charge on any atom is 0.335 e. The summed E-state index contributed by atoms with van der Waals surface area (Å²) in [7, 11) is 1.48. The molecule has 0 aliphatic rings. The highest BCUT2D eigenvalue weighted by Gasteiger charge is 2.18. The molecule has 0 heterocycles. The van der Waals surface area contributed by atoms with Crippen molar-refractivity contribution in [3.05, 3.63) is 23.3 Å². The molecular formula is C14H20O5. The summed E-state index contributed by atoms with van der Waals surface area (Å²) in [5, 5.41) is 17.9. The first-order valence-corrected chi connectivity index (χ1v) is 6.20. The zero-order valence-corrected chi connectivity index (χ0v) is 11.5. The van der Waals surface area contributed by atoms with Crippen LogP contribution in [0.3, 0.4) is 0 Å². The highest BCUT2D eigenvalue weighted by molar-refractivity contribution is 5.89. The number of hydrogen-bond donors (Lipinski definition) is 2. The second-order valence-corrected chi connectivity index (χ2v) is 4.48. The van der Waals surface area contributed by atoms with Crippen LogP contribution in [0.4, 0.5) is 0 Å². The number of aliphatic hydroxyl groups excluding tert-OH is 1. The first-order valence-electron chi connectivity index (χ1n) is 6.20. The fraction of sp³-hybridized carbons (Fsp3) is 0.500. The van der Waals surface area contributed by atoms with Crippen LogP contribution in [0.1, 0.15) is 42.1 Å². The third kappa shape index (κ3) is 3.86. The molecule has 2 N–H and O–H groups in total. The predicted octanol–water partition coefficient (Wildman–Crippen LogP) is 2.28. The Hall–Kier alpha value is -1.75. The van der Waals surface area contributed by atoms with Crippen molar-refractivity contribution < 1.29 is 24.5 Å². The first-order chi connectivity index (χ1) is 9.01. The Morgan fingerprint density at radius 3 is 2.53 bits per heavy atom. The molecule has 1 rings (SSSR count). The van der Waals surface area contributed by atoms with Gasteiger partial charge in [-0.1, -0.05) is 13.8 Å². The summed E-state index contributed by atoms with van der Waals surface area (Å²) in [4.78, 5) is 11.1. The second kappa shape index (κ2) is 6.99. The van der Waals surface area contributed by atoms with Crippen LogP contribution >= 0.6 is 0 Å². The van der Waals surface area contributed by atoms with Crippen LogP contribution in [0.25, 0.3) is 0 Å². The Morgan fingerprint density at radius 2 is 2.05 bits per heavy atom. The molecule has 0 saturated heterocycles. The molecular weight excluding hydrogens is 248 g/mol. The zero-order valence-electron chi connectivity index (χ0n) is 11.5. The largest absolute Gasteiger partial charge is 0.493 e. The molecule has 5 nitrogen and oxygen atoms in total. The van der Waals surface area contributed by atoms with Crippen LogP contribution in [-0.2, 0) is 0 Å². The maximum atomic E-state index is 11.1. The molecule has 0 amide bonds. The number of hydrogen-bond acceptors (Lipinski definition) is 4. The molecule has 5 heteroatoms. The summed E-state index contributed by atoms with van der Waals surface area (Å²) in [5.41, 5.74) is 0.963. The average Bonchev–Trinajstić information content (AvgIpc) is 2.38. The van der Waals surface area contributed by atoms with E-state index in [0.717, 1.165) is 5.56 Å². The number of benzene rings is 1. The van der Waals surface area contributed by atoms with Gasteiger partial charge in [0, 0.05) is 18.6 Å². The first kappa shape index (κ1) is 15.3. The third-order valence-electron chi connectivity index (χ3n) is 2.72. The molecule has 0 atom stereocenters. The van der Waals surface area contributed by atoms with Gasteiger partial charge < -0.3 is 19.7 Å². The summed E-state index contributed by atoms with van der Waals surface area (Å²) < 4.78 is 10.8. The highest BCUT2D eigenvalue weighted by atomic mass is 16.5. The monoisotopic (exact) mass is 268 g/mol. The van der Waals surface area contributed by atoms with Gasteiger partial charge in [0.25, 0.3) is 0 Å². The normalized spacial score (nSPS) is 10.6. The Bertz CT molecular complexity index is 440. The second-order valence-electron chi connectivity index (χ2n) is 4.48. The van der Waals surface area contributed by atoms with Crippen molar-refractivity contribution in [2.75, 3.05) is 20.3 Å². The third-order valence-corrected chi connectivity index (χ3v) is 2.72. The standard InChI is InChI=1S/C14H20O5/c1-9(2)11-7-10(14(16)17)8-12(18-3)13(11)19-6-4-5-15/h7-9,15H,4-6H2,1-3H3,(H,16,17). The van der Waals surface area contributed by atoms with Crippen molar-refractivity contribution in [2.45, 2.75) is 26.2 Å². The minimum Gasteiger partial charge on any atom is -0.493 e. The quantitative estimate of drug-likeness (QED) is 0.742. The molecule has 0 spiro atoms. The van der Waals surface area contributed by atoms with Gasteiger partial charge in [0.1, 0.15) is 0 Å². The van der Waals surface area contributed by atoms with E-state index < -0.39 is 5.97 Å². The van der Waals surface area contributed by atoms with Crippen LogP contribution in [0, 0.1) is 0 Å². The number of carboxylic acid groups (broad SMARTS) is 1. The van der Waals surface area contributed by atoms with Crippen molar-refractivity contribution in [1.82, 2.24) is 0 Å². The number of methoxy groups -OCH3 is 1. The van der Waals surface area contributed by atoms with Crippen molar-refractivity contribution in [3.8, 4) is 11.5 Å². The van der Waals surface area contributed by atoms with Gasteiger partial charge in [0.2, 0.25) is 0 Å². The molecule has 0 bridgehead atoms. The number of rotatable bonds is 7. The van der Waals surface area contributed by atoms with Gasteiger partial charge in [-0.2, -0.15) is 0 Å². The SMILES string of the molecule is COc1cc(C(=O)O)cc(C(C)C)c1OCCCO. The van der Waals surface area contributed by atoms with Crippen LogP contribution in [0.15, 0.2) is 12.1 Å². The maximum absolute atomic E-state index is 11.1. The number of aliphatic hydroxyl groups is 1. The summed E-state index contributed by atoms with van der Waals surface area (Å²) in [6, 6.07) is 3.05. The lowest BCUT2D eigenvalue weighted by molar-refractivity contribution is 0.0696. The van der Waals surface area contributed by atoms with Crippen molar-refractivity contribution in [3.63, 3.8) is 0 Å². The topological polar surface area (TPSA) is 76.0 Å². The highest BCUT2D eigenvalue weighted by Crippen LogP contribution is 2.37. The molecule has 0 unspecified atom stereocenters. The van der Waals surface area contributed by atoms with E-state index >= 15 is 0 Å². The van der Waals surface area contributed by atoms with Crippen LogP contribution in [0.2, 0.25) is 0 Å². The molecule has 106 valence electrons. The van der Waals surface area contributed by atoms with E-state index in [9.17, 15) is 4.79 Å². The molecule has 19 heavy (non-hydrogen) atoms. The van der Waals surface area contributed by atoms with Gasteiger partial charge in [-0.3, -0.25) is 0 Å². The van der Waals surface area contributed by atoms with Gasteiger partial charge in [-0.05, 0) is 18.1 Å². The fourth-order valence-corrected chi connectivity index (χ4v) is 1.72. The van der Waals surface area contributed by atoms with E-state index in [1.165, 1.54) is 13.2 Å². The van der Waals surface area contributed by atoms with Gasteiger partial charge in [0.05, 0.1) is 19.3 Å². The smallest absolute Gasteiger partial charge is 0.335 e. The van der Waals surface area contributed by atoms with Crippen molar-refractivity contribution >= 4 is 5.97 Å². The van der Waals surface area contributed by atoms with Crippen LogP contribution < -0.4 is 9.47 Å². The number of ether oxygens (including phenoxy) is 2. The van der Waals surface area contributed by atoms with Gasteiger partial charge in [0.15, 0.2) is 11.5 Å². The Labute approximate surface area is 112 Å². The molecule has 0 fully saturated rings. The fourth-order valence-electron chi connectivity index (χ4n) is 1.72. The Kier molecular flexibility index (Phi) is 5.63. The minimum atomic E-state index is -0.998. The van der Waals surface area contributed by atoms with E-state index in [2.05, 4.69) is 0 Å². The molecule has 0 aliphatic heterocycles. The lowest BCUT2D eigenvalue weighted by Crippen LogP contribution is -2.07. The summed E-state index contributed by atoms with van der Waals surface area (Å²) in [6.45, 7) is 4.32. The van der Waals surface area contributed by atoms with Crippen molar-refractivity contribution in [2.24, 2.45) is 0 Å². The lowest BCUT2D eigenvalue weighted by atomic mass is 9.98. The van der Waals surface area contributed by atoms with Crippen LogP contribution in [-0.4, -0.2) is 36.5 Å². The van der Waals surface area contributed by atoms with Gasteiger partial charge in [-0.15, -0.1) is 0 Å². The average molecular weight is 268 g/mol. The molecule has 0 radical (unpaired) electrons. The van der Waals surface area contributed by atoms with Gasteiger partial charge >= 0.3 is 5.97 Å². The number of carbonyl (C=O) groups is 1. The van der Waals surface area contributed by atoms with Crippen molar-refractivity contribution in [1.29, 1.82) is 0 Å². The van der Waals surface area contributed by atoms with E-state index in [4.69, 9.17) is 19.7 Å². The number of carboxylic acids is 1. The van der Waals surface area contributed by atoms with E-state index in [0.29, 0.717) is 24.5 Å². The van der Waals surface area contributed by atoms with E-state index in [1.54, 1.807) is 6.07 Å². The molecule has 0 aliphatic carbocycles. The summed E-state index contributed by atoms with van der Waals surface area (Å²) in [6.07, 6.45) is 0.515. The molecule has 1 aromatic rings. The van der Waals surface area contributed by atoms with E-state index in [1.807, 2.05) is 13.8 Å².